The molecule has 3 N–H and O–H groups in total. The van der Waals surface area contributed by atoms with Crippen molar-refractivity contribution >= 4 is 21.5 Å². The Hall–Kier alpha value is -2.16. The lowest BCUT2D eigenvalue weighted by Crippen LogP contribution is -2.28. The third-order valence-electron chi connectivity index (χ3n) is 4.16. The number of Topliss-reactive ketones (excluding diaryl/α,β-unsaturated/α-hetero) is 1. The minimum Gasteiger partial charge on any atom is -0.463 e. The number of hydrogen-bond donors (Lipinski definition) is 3. The molecule has 2 unspecified atom stereocenters. The summed E-state index contributed by atoms with van der Waals surface area (Å²) in [5.74, 6) is 0.850. The summed E-state index contributed by atoms with van der Waals surface area (Å²) in [5.41, 5.74) is 7.09. The molecule has 0 amide bonds. The van der Waals surface area contributed by atoms with Crippen LogP contribution in [0.25, 0.3) is 0 Å². The van der Waals surface area contributed by atoms with Crippen LogP contribution in [0.2, 0.25) is 0 Å². The highest BCUT2D eigenvalue weighted by molar-refractivity contribution is 7.92. The summed E-state index contributed by atoms with van der Waals surface area (Å²) in [5, 5.41) is 0. The number of ketones is 1. The molecule has 1 aliphatic heterocycles. The van der Waals surface area contributed by atoms with Crippen molar-refractivity contribution in [3.63, 3.8) is 0 Å². The van der Waals surface area contributed by atoms with Crippen LogP contribution in [0.15, 0.2) is 39.6 Å². The van der Waals surface area contributed by atoms with Crippen LogP contribution in [-0.2, 0) is 10.0 Å². The second kappa shape index (κ2) is 6.62. The fourth-order valence-electron chi connectivity index (χ4n) is 2.81. The van der Waals surface area contributed by atoms with Gasteiger partial charge in [-0.2, -0.15) is 0 Å². The minimum atomic E-state index is -3.78. The van der Waals surface area contributed by atoms with E-state index in [0.29, 0.717) is 22.8 Å². The molecular weight excluding hydrogens is 342 g/mol. The molecule has 7 nitrogen and oxygen atoms in total. The molecule has 25 heavy (non-hydrogen) atoms. The van der Waals surface area contributed by atoms with Gasteiger partial charge in [-0.05, 0) is 51.5 Å². The van der Waals surface area contributed by atoms with E-state index in [4.69, 9.17) is 4.42 Å². The standard InChI is InChI=1S/C17H21N3O4S/c1-10-8-15(19-18-10)16-9-17(12(3)24-16)25(22,23)20-14-6-4-13(5-7-14)11(2)21/h4-7,9-10,15,18-20H,8H2,1-3H3. The number of carbonyl (C=O) groups excluding carboxylic acids is 1. The molecule has 1 aliphatic rings. The van der Waals surface area contributed by atoms with E-state index in [1.54, 1.807) is 37.3 Å². The van der Waals surface area contributed by atoms with E-state index < -0.39 is 10.0 Å². The number of sulfonamides is 1. The summed E-state index contributed by atoms with van der Waals surface area (Å²) >= 11 is 0. The summed E-state index contributed by atoms with van der Waals surface area (Å²) in [7, 11) is -3.78. The molecule has 0 radical (unpaired) electrons. The van der Waals surface area contributed by atoms with Gasteiger partial charge in [0.1, 0.15) is 16.4 Å². The number of furan rings is 1. The molecule has 1 aromatic carbocycles. The molecule has 1 fully saturated rings. The van der Waals surface area contributed by atoms with Gasteiger partial charge in [0.15, 0.2) is 5.78 Å². The number of hydrogen-bond acceptors (Lipinski definition) is 6. The number of rotatable bonds is 5. The molecule has 2 atom stereocenters. The molecular formula is C17H21N3O4S. The fraction of sp³-hybridized carbons (Fsp3) is 0.353. The second-order valence-corrected chi connectivity index (χ2v) is 7.94. The molecule has 0 aliphatic carbocycles. The van der Waals surface area contributed by atoms with Gasteiger partial charge in [-0.25, -0.2) is 13.8 Å². The van der Waals surface area contributed by atoms with Crippen molar-refractivity contribution in [3.8, 4) is 0 Å². The average Bonchev–Trinajstić information content (AvgIpc) is 3.13. The van der Waals surface area contributed by atoms with Crippen molar-refractivity contribution in [2.24, 2.45) is 0 Å². The van der Waals surface area contributed by atoms with Crippen LogP contribution < -0.4 is 15.6 Å². The molecule has 2 aromatic rings. The Labute approximate surface area is 146 Å². The monoisotopic (exact) mass is 363 g/mol. The molecule has 134 valence electrons. The number of aryl methyl sites for hydroxylation is 1. The van der Waals surface area contributed by atoms with Crippen molar-refractivity contribution in [3.05, 3.63) is 47.4 Å². The lowest BCUT2D eigenvalue weighted by molar-refractivity contribution is 0.101. The Morgan fingerprint density at radius 2 is 1.92 bits per heavy atom. The van der Waals surface area contributed by atoms with Crippen molar-refractivity contribution in [2.75, 3.05) is 4.72 Å². The highest BCUT2D eigenvalue weighted by atomic mass is 32.2. The highest BCUT2D eigenvalue weighted by Gasteiger charge is 2.28. The molecule has 0 saturated carbocycles. The predicted molar refractivity (Wildman–Crippen MR) is 93.8 cm³/mol. The lowest BCUT2D eigenvalue weighted by atomic mass is 10.1. The zero-order chi connectivity index (χ0) is 18.2. The third-order valence-corrected chi connectivity index (χ3v) is 5.65. The Morgan fingerprint density at radius 1 is 1.24 bits per heavy atom. The topological polar surface area (TPSA) is 100 Å². The summed E-state index contributed by atoms with van der Waals surface area (Å²) in [4.78, 5) is 11.4. The Bertz CT molecular complexity index is 887. The van der Waals surface area contributed by atoms with E-state index in [1.807, 2.05) is 6.92 Å². The zero-order valence-electron chi connectivity index (χ0n) is 14.3. The van der Waals surface area contributed by atoms with Gasteiger partial charge in [-0.3, -0.25) is 14.9 Å². The molecule has 3 rings (SSSR count). The SMILES string of the molecule is CC(=O)c1ccc(NS(=O)(=O)c2cc(C3CC(C)NN3)oc2C)cc1. The Morgan fingerprint density at radius 3 is 2.48 bits per heavy atom. The number of hydrazine groups is 1. The Balaban J connectivity index is 1.82. The van der Waals surface area contributed by atoms with Crippen LogP contribution in [0, 0.1) is 6.92 Å². The van der Waals surface area contributed by atoms with Gasteiger partial charge in [-0.15, -0.1) is 0 Å². The maximum Gasteiger partial charge on any atom is 0.265 e. The van der Waals surface area contributed by atoms with Gasteiger partial charge in [0.25, 0.3) is 10.0 Å². The molecule has 0 bridgehead atoms. The largest absolute Gasteiger partial charge is 0.463 e. The van der Waals surface area contributed by atoms with E-state index >= 15 is 0 Å². The average molecular weight is 363 g/mol. The quantitative estimate of drug-likeness (QED) is 0.706. The van der Waals surface area contributed by atoms with Gasteiger partial charge in [0.05, 0.1) is 6.04 Å². The smallest absolute Gasteiger partial charge is 0.265 e. The minimum absolute atomic E-state index is 0.0625. The third kappa shape index (κ3) is 3.76. The van der Waals surface area contributed by atoms with Gasteiger partial charge in [0.2, 0.25) is 0 Å². The van der Waals surface area contributed by atoms with Crippen LogP contribution in [-0.4, -0.2) is 20.2 Å². The normalized spacial score (nSPS) is 20.6. The second-order valence-electron chi connectivity index (χ2n) is 6.29. The van der Waals surface area contributed by atoms with Gasteiger partial charge in [-0.1, -0.05) is 0 Å². The maximum absolute atomic E-state index is 12.7. The number of carbonyl (C=O) groups is 1. The van der Waals surface area contributed by atoms with Crippen molar-refractivity contribution in [1.29, 1.82) is 0 Å². The summed E-state index contributed by atoms with van der Waals surface area (Å²) in [6, 6.07) is 8.08. The molecule has 1 saturated heterocycles. The van der Waals surface area contributed by atoms with Crippen molar-refractivity contribution in [1.82, 2.24) is 10.9 Å². The number of nitrogens with one attached hydrogen (secondary N) is 3. The molecule has 1 aromatic heterocycles. The number of anilines is 1. The van der Waals surface area contributed by atoms with Crippen LogP contribution in [0.5, 0.6) is 0 Å². The zero-order valence-corrected chi connectivity index (χ0v) is 15.1. The van der Waals surface area contributed by atoms with E-state index in [-0.39, 0.29) is 22.8 Å². The van der Waals surface area contributed by atoms with Crippen LogP contribution in [0.1, 0.15) is 48.2 Å². The number of benzene rings is 1. The van der Waals surface area contributed by atoms with E-state index in [0.717, 1.165) is 6.42 Å². The first-order valence-corrected chi connectivity index (χ1v) is 9.50. The Kier molecular flexibility index (Phi) is 4.68. The predicted octanol–water partition coefficient (Wildman–Crippen LogP) is 2.52. The van der Waals surface area contributed by atoms with E-state index in [1.165, 1.54) is 6.92 Å². The van der Waals surface area contributed by atoms with Crippen molar-refractivity contribution in [2.45, 2.75) is 44.2 Å². The summed E-state index contributed by atoms with van der Waals surface area (Å²) < 4.78 is 33.5. The molecule has 2 heterocycles. The lowest BCUT2D eigenvalue weighted by Gasteiger charge is -2.07. The first-order valence-electron chi connectivity index (χ1n) is 8.01. The highest BCUT2D eigenvalue weighted by Crippen LogP contribution is 2.29. The summed E-state index contributed by atoms with van der Waals surface area (Å²) in [6.45, 7) is 5.12. The van der Waals surface area contributed by atoms with Crippen LogP contribution in [0.3, 0.4) is 0 Å². The van der Waals surface area contributed by atoms with E-state index in [2.05, 4.69) is 15.6 Å². The summed E-state index contributed by atoms with van der Waals surface area (Å²) in [6.07, 6.45) is 0.812. The fourth-order valence-corrected chi connectivity index (χ4v) is 4.06. The molecule has 0 spiro atoms. The first kappa shape index (κ1) is 17.7. The van der Waals surface area contributed by atoms with Crippen molar-refractivity contribution < 1.29 is 17.6 Å². The van der Waals surface area contributed by atoms with Gasteiger partial charge < -0.3 is 4.42 Å². The molecule has 8 heteroatoms. The van der Waals surface area contributed by atoms with Gasteiger partial charge >= 0.3 is 0 Å². The van der Waals surface area contributed by atoms with Gasteiger partial charge in [0, 0.05) is 23.4 Å². The van der Waals surface area contributed by atoms with E-state index in [9.17, 15) is 13.2 Å². The van der Waals surface area contributed by atoms with Crippen LogP contribution in [0.4, 0.5) is 5.69 Å². The van der Waals surface area contributed by atoms with Crippen LogP contribution >= 0.6 is 0 Å². The maximum atomic E-state index is 12.7. The first-order chi connectivity index (χ1) is 11.8.